The lowest BCUT2D eigenvalue weighted by Gasteiger charge is -2.28. The number of benzene rings is 1. The lowest BCUT2D eigenvalue weighted by Crippen LogP contribution is -2.29. The minimum Gasteiger partial charge on any atom is -0.396 e. The van der Waals surface area contributed by atoms with Gasteiger partial charge in [-0.2, -0.15) is 0 Å². The normalized spacial score (nSPS) is 17.1. The van der Waals surface area contributed by atoms with Crippen molar-refractivity contribution in [2.24, 2.45) is 0 Å². The van der Waals surface area contributed by atoms with E-state index in [1.54, 1.807) is 6.07 Å². The van der Waals surface area contributed by atoms with Gasteiger partial charge >= 0.3 is 0 Å². The van der Waals surface area contributed by atoms with E-state index in [9.17, 15) is 4.39 Å². The summed E-state index contributed by atoms with van der Waals surface area (Å²) in [4.78, 5) is 2.21. The number of anilines is 2. The Hall–Kier alpha value is -1.25. The first-order valence-corrected chi connectivity index (χ1v) is 5.07. The second-order valence-corrected chi connectivity index (χ2v) is 3.75. The summed E-state index contributed by atoms with van der Waals surface area (Å²) >= 11 is 0. The molecule has 0 amide bonds. The minimum atomic E-state index is -0.312. The molecule has 14 heavy (non-hydrogen) atoms. The second kappa shape index (κ2) is 3.86. The molecule has 1 aromatic carbocycles. The number of piperidine rings is 1. The Kier molecular flexibility index (Phi) is 2.57. The maximum atomic E-state index is 13.2. The van der Waals surface area contributed by atoms with E-state index in [1.165, 1.54) is 25.3 Å². The highest BCUT2D eigenvalue weighted by molar-refractivity contribution is 5.54. The van der Waals surface area contributed by atoms with Crippen molar-refractivity contribution in [3.63, 3.8) is 0 Å². The third-order valence-corrected chi connectivity index (χ3v) is 2.71. The first kappa shape index (κ1) is 9.31. The molecule has 0 aliphatic carbocycles. The van der Waals surface area contributed by atoms with Crippen LogP contribution in [0.1, 0.15) is 19.3 Å². The summed E-state index contributed by atoms with van der Waals surface area (Å²) in [6.07, 6.45) is 3.69. The first-order chi connectivity index (χ1) is 6.77. The van der Waals surface area contributed by atoms with Gasteiger partial charge in [-0.05, 0) is 37.5 Å². The van der Waals surface area contributed by atoms with Gasteiger partial charge in [0.25, 0.3) is 0 Å². The monoisotopic (exact) mass is 194 g/mol. The van der Waals surface area contributed by atoms with Gasteiger partial charge in [0, 0.05) is 18.8 Å². The maximum absolute atomic E-state index is 13.2. The topological polar surface area (TPSA) is 29.3 Å². The van der Waals surface area contributed by atoms with Crippen LogP contribution in [0.5, 0.6) is 0 Å². The van der Waals surface area contributed by atoms with E-state index in [2.05, 4.69) is 4.90 Å². The van der Waals surface area contributed by atoms with E-state index in [1.807, 2.05) is 6.07 Å². The highest BCUT2D eigenvalue weighted by atomic mass is 19.1. The Morgan fingerprint density at radius 1 is 1.14 bits per heavy atom. The van der Waals surface area contributed by atoms with Gasteiger partial charge in [0.05, 0.1) is 5.69 Å². The largest absolute Gasteiger partial charge is 0.396 e. The molecule has 0 radical (unpaired) electrons. The fraction of sp³-hybridized carbons (Fsp3) is 0.455. The van der Waals surface area contributed by atoms with Gasteiger partial charge in [-0.25, -0.2) is 4.39 Å². The van der Waals surface area contributed by atoms with Crippen LogP contribution in [-0.2, 0) is 0 Å². The van der Waals surface area contributed by atoms with Crippen molar-refractivity contribution in [3.8, 4) is 0 Å². The molecule has 0 bridgehead atoms. The van der Waals surface area contributed by atoms with Crippen LogP contribution < -0.4 is 10.6 Å². The van der Waals surface area contributed by atoms with Gasteiger partial charge in [-0.3, -0.25) is 0 Å². The highest BCUT2D eigenvalue weighted by Gasteiger charge is 2.11. The lowest BCUT2D eigenvalue weighted by molar-refractivity contribution is 0.574. The van der Waals surface area contributed by atoms with Gasteiger partial charge < -0.3 is 10.6 Å². The van der Waals surface area contributed by atoms with E-state index >= 15 is 0 Å². The molecule has 1 aromatic rings. The van der Waals surface area contributed by atoms with Crippen LogP contribution in [0, 0.1) is 5.82 Å². The summed E-state index contributed by atoms with van der Waals surface area (Å²) in [6, 6.07) is 5.06. The lowest BCUT2D eigenvalue weighted by atomic mass is 10.1. The fourth-order valence-corrected chi connectivity index (χ4v) is 1.86. The van der Waals surface area contributed by atoms with Crippen LogP contribution in [-0.4, -0.2) is 13.1 Å². The predicted octanol–water partition coefficient (Wildman–Crippen LogP) is 2.40. The molecule has 0 aromatic heterocycles. The van der Waals surface area contributed by atoms with Crippen molar-refractivity contribution in [3.05, 3.63) is 24.0 Å². The molecular weight excluding hydrogens is 179 g/mol. The molecule has 0 unspecified atom stereocenters. The molecule has 1 fully saturated rings. The fourth-order valence-electron chi connectivity index (χ4n) is 1.86. The molecule has 1 aliphatic rings. The third-order valence-electron chi connectivity index (χ3n) is 2.71. The van der Waals surface area contributed by atoms with E-state index in [0.717, 1.165) is 18.8 Å². The van der Waals surface area contributed by atoms with Crippen LogP contribution in [0.2, 0.25) is 0 Å². The van der Waals surface area contributed by atoms with Crippen LogP contribution in [0.15, 0.2) is 18.2 Å². The van der Waals surface area contributed by atoms with E-state index < -0.39 is 0 Å². The molecule has 0 atom stereocenters. The zero-order valence-corrected chi connectivity index (χ0v) is 8.17. The average Bonchev–Trinajstić information content (AvgIpc) is 2.23. The first-order valence-electron chi connectivity index (χ1n) is 5.07. The molecule has 0 spiro atoms. The predicted molar refractivity (Wildman–Crippen MR) is 56.9 cm³/mol. The summed E-state index contributed by atoms with van der Waals surface area (Å²) < 4.78 is 13.2. The summed E-state index contributed by atoms with van der Waals surface area (Å²) in [6.45, 7) is 2.06. The number of nitrogen functional groups attached to an aromatic ring is 1. The van der Waals surface area contributed by atoms with Crippen molar-refractivity contribution >= 4 is 11.4 Å². The molecule has 0 saturated carbocycles. The zero-order valence-electron chi connectivity index (χ0n) is 8.17. The summed E-state index contributed by atoms with van der Waals surface area (Å²) in [5.74, 6) is -0.312. The van der Waals surface area contributed by atoms with Gasteiger partial charge in [0.2, 0.25) is 0 Å². The molecular formula is C11H15FN2. The number of hydrogen-bond acceptors (Lipinski definition) is 2. The van der Waals surface area contributed by atoms with Crippen LogP contribution in [0.3, 0.4) is 0 Å². The Morgan fingerprint density at radius 2 is 1.86 bits per heavy atom. The van der Waals surface area contributed by atoms with Gasteiger partial charge in [0.15, 0.2) is 0 Å². The zero-order chi connectivity index (χ0) is 9.97. The van der Waals surface area contributed by atoms with Crippen molar-refractivity contribution < 1.29 is 4.39 Å². The summed E-state index contributed by atoms with van der Waals surface area (Å²) in [7, 11) is 0. The number of hydrogen-bond donors (Lipinski definition) is 1. The van der Waals surface area contributed by atoms with Crippen LogP contribution >= 0.6 is 0 Å². The Labute approximate surface area is 83.5 Å². The van der Waals surface area contributed by atoms with Crippen molar-refractivity contribution in [2.45, 2.75) is 19.3 Å². The van der Waals surface area contributed by atoms with E-state index in [4.69, 9.17) is 5.73 Å². The average molecular weight is 194 g/mol. The minimum absolute atomic E-state index is 0.228. The molecule has 76 valence electrons. The molecule has 1 aliphatic heterocycles. The van der Waals surface area contributed by atoms with Crippen molar-refractivity contribution in [2.75, 3.05) is 23.7 Å². The van der Waals surface area contributed by atoms with Crippen molar-refractivity contribution in [1.82, 2.24) is 0 Å². The molecule has 1 heterocycles. The number of nitrogens with zero attached hydrogens (tertiary/aromatic N) is 1. The SMILES string of the molecule is Nc1ccc(N2CCCCC2)cc1F. The summed E-state index contributed by atoms with van der Waals surface area (Å²) in [5.41, 5.74) is 6.61. The highest BCUT2D eigenvalue weighted by Crippen LogP contribution is 2.22. The molecule has 2 N–H and O–H groups in total. The van der Waals surface area contributed by atoms with E-state index in [-0.39, 0.29) is 11.5 Å². The van der Waals surface area contributed by atoms with E-state index in [0.29, 0.717) is 0 Å². The van der Waals surface area contributed by atoms with Crippen LogP contribution in [0.4, 0.5) is 15.8 Å². The van der Waals surface area contributed by atoms with Gasteiger partial charge in [-0.1, -0.05) is 0 Å². The smallest absolute Gasteiger partial charge is 0.148 e. The van der Waals surface area contributed by atoms with Crippen LogP contribution in [0.25, 0.3) is 0 Å². The quantitative estimate of drug-likeness (QED) is 0.695. The van der Waals surface area contributed by atoms with Crippen molar-refractivity contribution in [1.29, 1.82) is 0 Å². The maximum Gasteiger partial charge on any atom is 0.148 e. The second-order valence-electron chi connectivity index (χ2n) is 3.75. The molecule has 1 saturated heterocycles. The van der Waals surface area contributed by atoms with Gasteiger partial charge in [-0.15, -0.1) is 0 Å². The molecule has 3 heteroatoms. The Balaban J connectivity index is 2.18. The standard InChI is InChI=1S/C11H15FN2/c12-10-8-9(4-5-11(10)13)14-6-2-1-3-7-14/h4-5,8H,1-3,6-7,13H2. The number of rotatable bonds is 1. The van der Waals surface area contributed by atoms with Gasteiger partial charge in [0.1, 0.15) is 5.82 Å². The number of halogens is 1. The Bertz CT molecular complexity index is 319. The Morgan fingerprint density at radius 3 is 2.50 bits per heavy atom. The summed E-state index contributed by atoms with van der Waals surface area (Å²) in [5, 5.41) is 0. The number of nitrogens with two attached hydrogens (primary N) is 1. The third kappa shape index (κ3) is 1.81. The molecule has 2 nitrogen and oxygen atoms in total. The molecule has 2 rings (SSSR count).